The molecule has 1 saturated carbocycles. The number of alkyl carbamates (subject to hydrolysis) is 1. The van der Waals surface area contributed by atoms with Crippen molar-refractivity contribution in [3.05, 3.63) is 35.4 Å². The first-order valence-electron chi connectivity index (χ1n) is 10.2. The first-order valence-corrected chi connectivity index (χ1v) is 10.2. The minimum absolute atomic E-state index is 0.155. The molecule has 2 saturated heterocycles. The molecule has 1 aliphatic carbocycles. The Morgan fingerprint density at radius 3 is 2.43 bits per heavy atom. The Morgan fingerprint density at radius 1 is 0.964 bits per heavy atom. The molecule has 3 aliphatic rings. The fourth-order valence-electron chi connectivity index (χ4n) is 4.23. The van der Waals surface area contributed by atoms with Crippen molar-refractivity contribution in [3.8, 4) is 0 Å². The fourth-order valence-corrected chi connectivity index (χ4v) is 4.23. The second-order valence-electron chi connectivity index (χ2n) is 7.96. The van der Waals surface area contributed by atoms with Crippen LogP contribution in [0.2, 0.25) is 0 Å². The van der Waals surface area contributed by atoms with Gasteiger partial charge in [-0.05, 0) is 31.9 Å². The van der Waals surface area contributed by atoms with Gasteiger partial charge in [0.2, 0.25) is 0 Å². The topological polar surface area (TPSA) is 85.9 Å². The van der Waals surface area contributed by atoms with Gasteiger partial charge in [-0.25, -0.2) is 4.79 Å². The van der Waals surface area contributed by atoms with Crippen LogP contribution in [0.1, 0.15) is 48.0 Å². The van der Waals surface area contributed by atoms with Gasteiger partial charge in [0.25, 0.3) is 5.91 Å². The number of rotatable bonds is 4. The molecule has 1 aromatic rings. The zero-order valence-electron chi connectivity index (χ0n) is 16.2. The van der Waals surface area contributed by atoms with Gasteiger partial charge in [-0.15, -0.1) is 0 Å². The van der Waals surface area contributed by atoms with Crippen LogP contribution in [-0.4, -0.2) is 55.6 Å². The summed E-state index contributed by atoms with van der Waals surface area (Å²) in [5, 5.41) is 5.93. The minimum atomic E-state index is -0.449. The van der Waals surface area contributed by atoms with Crippen molar-refractivity contribution >= 4 is 12.0 Å². The molecule has 2 N–H and O–H groups in total. The third kappa shape index (κ3) is 4.31. The summed E-state index contributed by atoms with van der Waals surface area (Å²) in [5.74, 6) is -0.155. The van der Waals surface area contributed by atoms with E-state index in [-0.39, 0.29) is 36.8 Å². The molecule has 0 radical (unpaired) electrons. The van der Waals surface area contributed by atoms with Crippen molar-refractivity contribution in [1.29, 1.82) is 0 Å². The van der Waals surface area contributed by atoms with Crippen LogP contribution in [0.5, 0.6) is 0 Å². The number of nitrogens with one attached hydrogen (secondary N) is 2. The molecule has 4 rings (SSSR count). The predicted octanol–water partition coefficient (Wildman–Crippen LogP) is 2.32. The summed E-state index contributed by atoms with van der Waals surface area (Å²) in [5.41, 5.74) is 1.71. The number of hydrogen-bond acceptors (Lipinski definition) is 5. The number of amides is 2. The second-order valence-corrected chi connectivity index (χ2v) is 7.96. The summed E-state index contributed by atoms with van der Waals surface area (Å²) in [4.78, 5) is 24.7. The Kier molecular flexibility index (Phi) is 5.82. The summed E-state index contributed by atoms with van der Waals surface area (Å²) < 4.78 is 17.2. The van der Waals surface area contributed by atoms with Gasteiger partial charge in [-0.2, -0.15) is 0 Å². The summed E-state index contributed by atoms with van der Waals surface area (Å²) in [6, 6.07) is 7.36. The standard InChI is InChI=1S/C21H28N2O5/c1-13-7-9-14(10-8-13)20(24)23-16-11-26-19-17(12-27-18(16)19)28-21(25)22-15-5-3-2-4-6-15/h7-10,15-19H,2-6,11-12H2,1H3,(H,22,25)(H,23,24). The lowest BCUT2D eigenvalue weighted by atomic mass is 9.96. The second kappa shape index (κ2) is 8.49. The number of carbonyl (C=O) groups is 2. The molecular formula is C21H28N2O5. The Hall–Kier alpha value is -2.12. The predicted molar refractivity (Wildman–Crippen MR) is 102 cm³/mol. The third-order valence-corrected chi connectivity index (χ3v) is 5.82. The highest BCUT2D eigenvalue weighted by Crippen LogP contribution is 2.29. The number of fused-ring (bicyclic) bond motifs is 1. The molecule has 2 heterocycles. The highest BCUT2D eigenvalue weighted by Gasteiger charge is 2.50. The largest absolute Gasteiger partial charge is 0.441 e. The molecule has 28 heavy (non-hydrogen) atoms. The van der Waals surface area contributed by atoms with Crippen LogP contribution in [-0.2, 0) is 14.2 Å². The van der Waals surface area contributed by atoms with E-state index in [1.807, 2.05) is 19.1 Å². The van der Waals surface area contributed by atoms with Gasteiger partial charge in [0, 0.05) is 11.6 Å². The van der Waals surface area contributed by atoms with E-state index < -0.39 is 12.2 Å². The lowest BCUT2D eigenvalue weighted by Gasteiger charge is -2.24. The maximum atomic E-state index is 12.5. The van der Waals surface area contributed by atoms with Gasteiger partial charge in [0.15, 0.2) is 6.10 Å². The molecule has 4 atom stereocenters. The van der Waals surface area contributed by atoms with E-state index in [1.54, 1.807) is 12.1 Å². The van der Waals surface area contributed by atoms with Crippen LogP contribution in [0.15, 0.2) is 24.3 Å². The zero-order valence-corrected chi connectivity index (χ0v) is 16.2. The molecule has 0 bridgehead atoms. The van der Waals surface area contributed by atoms with Crippen molar-refractivity contribution in [3.63, 3.8) is 0 Å². The lowest BCUT2D eigenvalue weighted by molar-refractivity contribution is 0.00261. The molecule has 0 aromatic heterocycles. The van der Waals surface area contributed by atoms with E-state index in [9.17, 15) is 9.59 Å². The maximum absolute atomic E-state index is 12.5. The molecule has 4 unspecified atom stereocenters. The monoisotopic (exact) mass is 388 g/mol. The number of hydrogen-bond donors (Lipinski definition) is 2. The molecule has 7 nitrogen and oxygen atoms in total. The van der Waals surface area contributed by atoms with Gasteiger partial charge in [0.1, 0.15) is 12.2 Å². The van der Waals surface area contributed by atoms with Crippen LogP contribution >= 0.6 is 0 Å². The average molecular weight is 388 g/mol. The molecule has 0 spiro atoms. The normalized spacial score (nSPS) is 29.9. The summed E-state index contributed by atoms with van der Waals surface area (Å²) in [7, 11) is 0. The van der Waals surface area contributed by atoms with Crippen molar-refractivity contribution in [2.45, 2.75) is 69.4 Å². The molecule has 2 amide bonds. The summed E-state index contributed by atoms with van der Waals surface area (Å²) in [6.07, 6.45) is 4.03. The van der Waals surface area contributed by atoms with Gasteiger partial charge in [0.05, 0.1) is 19.3 Å². The smallest absolute Gasteiger partial charge is 0.407 e. The third-order valence-electron chi connectivity index (χ3n) is 5.82. The minimum Gasteiger partial charge on any atom is -0.441 e. The molecule has 7 heteroatoms. The van der Waals surface area contributed by atoms with E-state index in [0.717, 1.165) is 31.2 Å². The molecule has 2 aliphatic heterocycles. The number of carbonyl (C=O) groups excluding carboxylic acids is 2. The quantitative estimate of drug-likeness (QED) is 0.827. The Balaban J connectivity index is 1.28. The summed E-state index contributed by atoms with van der Waals surface area (Å²) in [6.45, 7) is 2.61. The number of ether oxygens (including phenoxy) is 3. The van der Waals surface area contributed by atoms with Gasteiger partial charge in [-0.3, -0.25) is 4.79 Å². The SMILES string of the molecule is Cc1ccc(C(=O)NC2COC3C(OC(=O)NC4CCCCC4)COC23)cc1. The molecular weight excluding hydrogens is 360 g/mol. The van der Waals surface area contributed by atoms with E-state index in [2.05, 4.69) is 10.6 Å². The van der Waals surface area contributed by atoms with Crippen LogP contribution in [0.25, 0.3) is 0 Å². The van der Waals surface area contributed by atoms with E-state index >= 15 is 0 Å². The van der Waals surface area contributed by atoms with E-state index in [0.29, 0.717) is 12.2 Å². The zero-order chi connectivity index (χ0) is 19.5. The highest BCUT2D eigenvalue weighted by molar-refractivity contribution is 5.94. The summed E-state index contributed by atoms with van der Waals surface area (Å²) >= 11 is 0. The van der Waals surface area contributed by atoms with E-state index in [1.165, 1.54) is 6.42 Å². The van der Waals surface area contributed by atoms with Gasteiger partial charge in [-0.1, -0.05) is 37.0 Å². The number of aryl methyl sites for hydroxylation is 1. The average Bonchev–Trinajstić information content (AvgIpc) is 3.27. The van der Waals surface area contributed by atoms with Gasteiger partial charge < -0.3 is 24.8 Å². The van der Waals surface area contributed by atoms with Crippen LogP contribution in [0, 0.1) is 6.92 Å². The molecule has 152 valence electrons. The Morgan fingerprint density at radius 2 is 1.68 bits per heavy atom. The Bertz CT molecular complexity index is 701. The van der Waals surface area contributed by atoms with Gasteiger partial charge >= 0.3 is 6.09 Å². The van der Waals surface area contributed by atoms with Crippen LogP contribution < -0.4 is 10.6 Å². The van der Waals surface area contributed by atoms with Crippen molar-refractivity contribution in [1.82, 2.24) is 10.6 Å². The van der Waals surface area contributed by atoms with Crippen molar-refractivity contribution < 1.29 is 23.8 Å². The first-order chi connectivity index (χ1) is 13.6. The Labute approximate surface area is 165 Å². The van der Waals surface area contributed by atoms with Crippen molar-refractivity contribution in [2.24, 2.45) is 0 Å². The molecule has 3 fully saturated rings. The maximum Gasteiger partial charge on any atom is 0.407 e. The molecule has 1 aromatic carbocycles. The lowest BCUT2D eigenvalue weighted by Crippen LogP contribution is -2.45. The number of benzene rings is 1. The highest BCUT2D eigenvalue weighted by atomic mass is 16.6. The van der Waals surface area contributed by atoms with E-state index in [4.69, 9.17) is 14.2 Å². The van der Waals surface area contributed by atoms with Crippen LogP contribution in [0.4, 0.5) is 4.79 Å². The fraction of sp³-hybridized carbons (Fsp3) is 0.619. The van der Waals surface area contributed by atoms with Crippen molar-refractivity contribution in [2.75, 3.05) is 13.2 Å². The first kappa shape index (κ1) is 19.2. The van der Waals surface area contributed by atoms with Crippen LogP contribution in [0.3, 0.4) is 0 Å².